The van der Waals surface area contributed by atoms with E-state index in [0.717, 1.165) is 17.0 Å². The number of amides is 2. The van der Waals surface area contributed by atoms with Crippen LogP contribution in [0.25, 0.3) is 5.57 Å². The maximum absolute atomic E-state index is 13.8. The van der Waals surface area contributed by atoms with Crippen LogP contribution in [-0.2, 0) is 16.4 Å². The average molecular weight is 470 g/mol. The molecule has 2 aromatic rings. The highest BCUT2D eigenvalue weighted by atomic mass is 19.4. The maximum Gasteiger partial charge on any atom is 0.435 e. The number of aromatic amines is 1. The van der Waals surface area contributed by atoms with Crippen molar-refractivity contribution < 1.29 is 31.5 Å². The standard InChI is InChI=1S/C22H23F5N4O2/c1-10(2)28-19(32)15-11(3)31(20(33)12-6-7-13(23)14(24)8-12)9-21(4,5)16-17(15)29-30-18(16)22(25,26)27/h6-8,10H,9H2,1-5H3,(H,28,32)(H,29,30). The van der Waals surface area contributed by atoms with Gasteiger partial charge in [0, 0.05) is 34.8 Å². The zero-order valence-corrected chi connectivity index (χ0v) is 18.6. The van der Waals surface area contributed by atoms with Gasteiger partial charge in [-0.3, -0.25) is 14.7 Å². The highest BCUT2D eigenvalue weighted by molar-refractivity contribution is 6.21. The van der Waals surface area contributed by atoms with Crippen LogP contribution in [0.1, 0.15) is 61.9 Å². The summed E-state index contributed by atoms with van der Waals surface area (Å²) in [5.74, 6) is -3.89. The number of benzene rings is 1. The Morgan fingerprint density at radius 2 is 1.82 bits per heavy atom. The molecule has 0 saturated carbocycles. The van der Waals surface area contributed by atoms with Crippen molar-refractivity contribution in [3.05, 3.63) is 58.0 Å². The van der Waals surface area contributed by atoms with E-state index >= 15 is 0 Å². The quantitative estimate of drug-likeness (QED) is 0.653. The molecule has 1 aromatic heterocycles. The SMILES string of the molecule is CC1=C(C(=O)NC(C)C)c2[nH]nc(C(F)(F)F)c2C(C)(C)CN1C(=O)c1ccc(F)c(F)c1. The molecule has 0 saturated heterocycles. The molecule has 2 amide bonds. The topological polar surface area (TPSA) is 78.1 Å². The van der Waals surface area contributed by atoms with Gasteiger partial charge in [0.1, 0.15) is 0 Å². The Balaban J connectivity index is 2.26. The molecule has 0 radical (unpaired) electrons. The number of carbonyl (C=O) groups excluding carboxylic acids is 2. The van der Waals surface area contributed by atoms with Crippen molar-refractivity contribution in [3.8, 4) is 0 Å². The molecule has 1 aromatic carbocycles. The van der Waals surface area contributed by atoms with E-state index in [2.05, 4.69) is 15.5 Å². The van der Waals surface area contributed by atoms with Crippen molar-refractivity contribution in [2.45, 2.75) is 52.3 Å². The number of H-pyrrole nitrogens is 1. The lowest BCUT2D eigenvalue weighted by Crippen LogP contribution is -2.40. The lowest BCUT2D eigenvalue weighted by atomic mass is 9.81. The number of rotatable bonds is 3. The fourth-order valence-electron chi connectivity index (χ4n) is 3.92. The van der Waals surface area contributed by atoms with Gasteiger partial charge in [-0.25, -0.2) is 8.78 Å². The van der Waals surface area contributed by atoms with Crippen LogP contribution in [0.4, 0.5) is 22.0 Å². The monoisotopic (exact) mass is 470 g/mol. The van der Waals surface area contributed by atoms with Crippen LogP contribution in [0.2, 0.25) is 0 Å². The molecule has 0 atom stereocenters. The molecule has 0 spiro atoms. The van der Waals surface area contributed by atoms with E-state index in [1.807, 2.05) is 0 Å². The third-order valence-electron chi connectivity index (χ3n) is 5.34. The molecule has 0 bridgehead atoms. The summed E-state index contributed by atoms with van der Waals surface area (Å²) in [5, 5.41) is 8.42. The predicted octanol–water partition coefficient (Wildman–Crippen LogP) is 4.40. The summed E-state index contributed by atoms with van der Waals surface area (Å²) in [6, 6.07) is 2.21. The first-order valence-electron chi connectivity index (χ1n) is 10.1. The van der Waals surface area contributed by atoms with Crippen LogP contribution in [-0.4, -0.2) is 39.5 Å². The maximum atomic E-state index is 13.8. The first kappa shape index (κ1) is 24.4. The minimum absolute atomic E-state index is 0.0482. The lowest BCUT2D eigenvalue weighted by molar-refractivity contribution is -0.142. The normalized spacial score (nSPS) is 16.0. The minimum Gasteiger partial charge on any atom is -0.350 e. The molecule has 0 fully saturated rings. The van der Waals surface area contributed by atoms with E-state index in [-0.39, 0.29) is 40.7 Å². The molecule has 2 N–H and O–H groups in total. The molecule has 2 heterocycles. The van der Waals surface area contributed by atoms with E-state index in [0.29, 0.717) is 6.07 Å². The Hall–Kier alpha value is -3.24. The van der Waals surface area contributed by atoms with Crippen molar-refractivity contribution in [2.24, 2.45) is 0 Å². The van der Waals surface area contributed by atoms with Gasteiger partial charge in [0.05, 0.1) is 11.3 Å². The van der Waals surface area contributed by atoms with Gasteiger partial charge in [0.25, 0.3) is 11.8 Å². The summed E-state index contributed by atoms with van der Waals surface area (Å²) in [5.41, 5.74) is -3.27. The van der Waals surface area contributed by atoms with Gasteiger partial charge in [-0.15, -0.1) is 0 Å². The third kappa shape index (κ3) is 4.49. The molecular weight excluding hydrogens is 447 g/mol. The van der Waals surface area contributed by atoms with Crippen LogP contribution in [0.5, 0.6) is 0 Å². The van der Waals surface area contributed by atoms with Crippen molar-refractivity contribution in [2.75, 3.05) is 6.54 Å². The van der Waals surface area contributed by atoms with Crippen molar-refractivity contribution >= 4 is 17.4 Å². The molecule has 33 heavy (non-hydrogen) atoms. The second kappa shape index (κ2) is 8.27. The number of hydrogen-bond acceptors (Lipinski definition) is 3. The lowest BCUT2D eigenvalue weighted by Gasteiger charge is -2.32. The third-order valence-corrected chi connectivity index (χ3v) is 5.34. The Kier molecular flexibility index (Phi) is 6.12. The molecule has 1 aliphatic heterocycles. The summed E-state index contributed by atoms with van der Waals surface area (Å²) < 4.78 is 68.4. The number of halogens is 5. The second-order valence-corrected chi connectivity index (χ2v) is 8.81. The molecule has 11 heteroatoms. The minimum atomic E-state index is -4.81. The number of nitrogens with one attached hydrogen (secondary N) is 2. The summed E-state index contributed by atoms with van der Waals surface area (Å²) >= 11 is 0. The van der Waals surface area contributed by atoms with Gasteiger partial charge in [-0.2, -0.15) is 18.3 Å². The Morgan fingerprint density at radius 3 is 2.36 bits per heavy atom. The van der Waals surface area contributed by atoms with Gasteiger partial charge >= 0.3 is 6.18 Å². The molecule has 1 aliphatic rings. The summed E-state index contributed by atoms with van der Waals surface area (Å²) in [6.07, 6.45) is -4.81. The van der Waals surface area contributed by atoms with Gasteiger partial charge in [0.2, 0.25) is 0 Å². The van der Waals surface area contributed by atoms with Gasteiger partial charge < -0.3 is 10.2 Å². The smallest absolute Gasteiger partial charge is 0.350 e. The molecule has 3 rings (SSSR count). The van der Waals surface area contributed by atoms with E-state index in [1.54, 1.807) is 13.8 Å². The van der Waals surface area contributed by atoms with Crippen molar-refractivity contribution in [1.82, 2.24) is 20.4 Å². The van der Waals surface area contributed by atoms with E-state index in [9.17, 15) is 31.5 Å². The number of allylic oxidation sites excluding steroid dienone is 1. The highest BCUT2D eigenvalue weighted by Crippen LogP contribution is 2.44. The fourth-order valence-corrected chi connectivity index (χ4v) is 3.92. The summed E-state index contributed by atoms with van der Waals surface area (Å²) in [6.45, 7) is 7.45. The van der Waals surface area contributed by atoms with Gasteiger partial charge in [0.15, 0.2) is 17.3 Å². The Bertz CT molecular complexity index is 1150. The molecule has 0 aliphatic carbocycles. The molecule has 178 valence electrons. The van der Waals surface area contributed by atoms with E-state index < -0.39 is 40.7 Å². The molecular formula is C22H23F5N4O2. The van der Waals surface area contributed by atoms with Gasteiger partial charge in [-0.05, 0) is 39.0 Å². The number of nitrogens with zero attached hydrogens (tertiary/aromatic N) is 2. The molecule has 0 unspecified atom stereocenters. The number of hydrogen-bond donors (Lipinski definition) is 2. The van der Waals surface area contributed by atoms with E-state index in [1.165, 1.54) is 20.8 Å². The van der Waals surface area contributed by atoms with Crippen LogP contribution in [0.15, 0.2) is 23.9 Å². The average Bonchev–Trinajstić information content (AvgIpc) is 3.10. The number of aromatic nitrogens is 2. The number of alkyl halides is 3. The fraction of sp³-hybridized carbons (Fsp3) is 0.409. The largest absolute Gasteiger partial charge is 0.435 e. The summed E-state index contributed by atoms with van der Waals surface area (Å²) in [7, 11) is 0. The highest BCUT2D eigenvalue weighted by Gasteiger charge is 2.47. The number of carbonyl (C=O) groups is 2. The van der Waals surface area contributed by atoms with Crippen LogP contribution in [0, 0.1) is 11.6 Å². The number of fused-ring (bicyclic) bond motifs is 1. The van der Waals surface area contributed by atoms with Crippen molar-refractivity contribution in [1.29, 1.82) is 0 Å². The van der Waals surface area contributed by atoms with Crippen LogP contribution in [0.3, 0.4) is 0 Å². The predicted molar refractivity (Wildman–Crippen MR) is 110 cm³/mol. The second-order valence-electron chi connectivity index (χ2n) is 8.81. The summed E-state index contributed by atoms with van der Waals surface area (Å²) in [4.78, 5) is 27.5. The zero-order chi connectivity index (χ0) is 24.9. The Labute approximate surface area is 186 Å². The van der Waals surface area contributed by atoms with Gasteiger partial charge in [-0.1, -0.05) is 13.8 Å². The molecule has 6 nitrogen and oxygen atoms in total. The van der Waals surface area contributed by atoms with Crippen LogP contribution >= 0.6 is 0 Å². The van der Waals surface area contributed by atoms with Crippen LogP contribution < -0.4 is 5.32 Å². The van der Waals surface area contributed by atoms with Crippen molar-refractivity contribution in [3.63, 3.8) is 0 Å². The first-order chi connectivity index (χ1) is 15.1. The van der Waals surface area contributed by atoms with E-state index in [4.69, 9.17) is 0 Å². The first-order valence-corrected chi connectivity index (χ1v) is 10.1. The Morgan fingerprint density at radius 1 is 1.18 bits per heavy atom. The zero-order valence-electron chi connectivity index (χ0n) is 18.6.